The molecule has 3 unspecified atom stereocenters. The Hall–Kier alpha value is -0.450. The minimum absolute atomic E-state index is 0.135. The topological polar surface area (TPSA) is 29.3 Å². The summed E-state index contributed by atoms with van der Waals surface area (Å²) in [4.78, 5) is 2.39. The van der Waals surface area contributed by atoms with Crippen molar-refractivity contribution in [3.8, 4) is 0 Å². The molecule has 1 aromatic carbocycles. The van der Waals surface area contributed by atoms with E-state index in [4.69, 9.17) is 5.73 Å². The monoisotopic (exact) mass is 342 g/mol. The van der Waals surface area contributed by atoms with Crippen LogP contribution in [0.5, 0.6) is 0 Å². The number of rotatable bonds is 4. The molecule has 4 heteroatoms. The lowest BCUT2D eigenvalue weighted by Gasteiger charge is -2.41. The average molecular weight is 343 g/mol. The zero-order valence-corrected chi connectivity index (χ0v) is 13.9. The largest absolute Gasteiger partial charge is 0.329 e. The third kappa shape index (κ3) is 3.41. The molecule has 0 radical (unpaired) electrons. The van der Waals surface area contributed by atoms with Gasteiger partial charge in [-0.15, -0.1) is 0 Å². The molecule has 0 heterocycles. The Labute approximate surface area is 129 Å². The molecule has 1 aliphatic carbocycles. The zero-order chi connectivity index (χ0) is 14.7. The van der Waals surface area contributed by atoms with E-state index < -0.39 is 0 Å². The molecule has 0 spiro atoms. The highest BCUT2D eigenvalue weighted by atomic mass is 79.9. The van der Waals surface area contributed by atoms with Gasteiger partial charge in [0.05, 0.1) is 0 Å². The van der Waals surface area contributed by atoms with Crippen LogP contribution in [0.15, 0.2) is 22.7 Å². The molecule has 1 saturated carbocycles. The number of benzene rings is 1. The number of hydrogen-bond donors (Lipinski definition) is 1. The predicted octanol–water partition coefficient (Wildman–Crippen LogP) is 4.10. The molecule has 0 aliphatic heterocycles. The SMILES string of the molecule is CC1CCCCC1N(C)C(CN)c1ccc(F)cc1Br. The summed E-state index contributed by atoms with van der Waals surface area (Å²) in [6.45, 7) is 2.87. The summed E-state index contributed by atoms with van der Waals surface area (Å²) in [5, 5.41) is 0. The van der Waals surface area contributed by atoms with E-state index in [0.717, 1.165) is 10.0 Å². The van der Waals surface area contributed by atoms with Gasteiger partial charge in [-0.25, -0.2) is 4.39 Å². The van der Waals surface area contributed by atoms with Crippen LogP contribution >= 0.6 is 15.9 Å². The lowest BCUT2D eigenvalue weighted by molar-refractivity contribution is 0.0989. The van der Waals surface area contributed by atoms with E-state index >= 15 is 0 Å². The van der Waals surface area contributed by atoms with Gasteiger partial charge in [0.25, 0.3) is 0 Å². The lowest BCUT2D eigenvalue weighted by Crippen LogP contribution is -2.43. The second-order valence-corrected chi connectivity index (χ2v) is 6.77. The zero-order valence-electron chi connectivity index (χ0n) is 12.3. The second kappa shape index (κ2) is 7.01. The van der Waals surface area contributed by atoms with Gasteiger partial charge in [-0.05, 0) is 43.5 Å². The first-order valence-corrected chi connectivity index (χ1v) is 8.20. The maximum Gasteiger partial charge on any atom is 0.124 e. The molecule has 112 valence electrons. The smallest absolute Gasteiger partial charge is 0.124 e. The van der Waals surface area contributed by atoms with Crippen molar-refractivity contribution in [3.05, 3.63) is 34.1 Å². The van der Waals surface area contributed by atoms with E-state index in [1.54, 1.807) is 0 Å². The molecule has 2 N–H and O–H groups in total. The van der Waals surface area contributed by atoms with E-state index in [-0.39, 0.29) is 11.9 Å². The fourth-order valence-electron chi connectivity index (χ4n) is 3.42. The molecule has 3 atom stereocenters. The van der Waals surface area contributed by atoms with Crippen LogP contribution in [0, 0.1) is 11.7 Å². The highest BCUT2D eigenvalue weighted by Crippen LogP contribution is 2.34. The minimum atomic E-state index is -0.218. The van der Waals surface area contributed by atoms with Crippen molar-refractivity contribution in [3.63, 3.8) is 0 Å². The molecule has 20 heavy (non-hydrogen) atoms. The Morgan fingerprint density at radius 1 is 1.40 bits per heavy atom. The summed E-state index contributed by atoms with van der Waals surface area (Å²) in [7, 11) is 2.15. The summed E-state index contributed by atoms with van der Waals surface area (Å²) in [6, 6.07) is 5.59. The maximum atomic E-state index is 13.3. The highest BCUT2D eigenvalue weighted by molar-refractivity contribution is 9.10. The van der Waals surface area contributed by atoms with Crippen LogP contribution in [-0.4, -0.2) is 24.5 Å². The molecule has 0 aromatic heterocycles. The Bertz CT molecular complexity index is 452. The first-order chi connectivity index (χ1) is 9.54. The Morgan fingerprint density at radius 2 is 2.10 bits per heavy atom. The fourth-order valence-corrected chi connectivity index (χ4v) is 4.03. The molecule has 1 aliphatic rings. The van der Waals surface area contributed by atoms with Crippen molar-refractivity contribution in [2.24, 2.45) is 11.7 Å². The molecule has 2 nitrogen and oxygen atoms in total. The molecular weight excluding hydrogens is 319 g/mol. The van der Waals surface area contributed by atoms with Gasteiger partial charge < -0.3 is 5.73 Å². The molecule has 1 fully saturated rings. The van der Waals surface area contributed by atoms with E-state index in [1.807, 2.05) is 6.07 Å². The summed E-state index contributed by atoms with van der Waals surface area (Å²) in [5.41, 5.74) is 7.09. The van der Waals surface area contributed by atoms with Crippen molar-refractivity contribution in [2.45, 2.75) is 44.7 Å². The predicted molar refractivity (Wildman–Crippen MR) is 85.1 cm³/mol. The standard InChI is InChI=1S/C16H24BrFN2/c1-11-5-3-4-6-15(11)20(2)16(10-19)13-8-7-12(18)9-14(13)17/h7-9,11,15-16H,3-6,10,19H2,1-2H3. The normalized spacial score (nSPS) is 24.9. The van der Waals surface area contributed by atoms with Gasteiger partial charge in [0, 0.05) is 23.1 Å². The van der Waals surface area contributed by atoms with Crippen molar-refractivity contribution < 1.29 is 4.39 Å². The fraction of sp³-hybridized carbons (Fsp3) is 0.625. The van der Waals surface area contributed by atoms with Crippen LogP contribution in [-0.2, 0) is 0 Å². The van der Waals surface area contributed by atoms with Gasteiger partial charge in [-0.2, -0.15) is 0 Å². The van der Waals surface area contributed by atoms with E-state index in [0.29, 0.717) is 18.5 Å². The van der Waals surface area contributed by atoms with Crippen LogP contribution in [0.1, 0.15) is 44.2 Å². The van der Waals surface area contributed by atoms with Gasteiger partial charge in [-0.1, -0.05) is 41.8 Å². The molecule has 0 amide bonds. The van der Waals surface area contributed by atoms with E-state index in [1.165, 1.54) is 37.8 Å². The Morgan fingerprint density at radius 3 is 2.70 bits per heavy atom. The minimum Gasteiger partial charge on any atom is -0.329 e. The van der Waals surface area contributed by atoms with Crippen LogP contribution in [0.4, 0.5) is 4.39 Å². The first kappa shape index (κ1) is 15.9. The Kier molecular flexibility index (Phi) is 5.58. The summed E-state index contributed by atoms with van der Waals surface area (Å²) >= 11 is 3.47. The molecule has 1 aromatic rings. The summed E-state index contributed by atoms with van der Waals surface area (Å²) < 4.78 is 14.1. The molecule has 0 bridgehead atoms. The maximum absolute atomic E-state index is 13.3. The van der Waals surface area contributed by atoms with E-state index in [2.05, 4.69) is 34.8 Å². The quantitative estimate of drug-likeness (QED) is 0.892. The summed E-state index contributed by atoms with van der Waals surface area (Å²) in [6.07, 6.45) is 5.14. The van der Waals surface area contributed by atoms with Crippen molar-refractivity contribution >= 4 is 15.9 Å². The first-order valence-electron chi connectivity index (χ1n) is 7.41. The van der Waals surface area contributed by atoms with Gasteiger partial charge in [0.15, 0.2) is 0 Å². The number of likely N-dealkylation sites (N-methyl/N-ethyl adjacent to an activating group) is 1. The number of hydrogen-bond acceptors (Lipinski definition) is 2. The number of nitrogens with zero attached hydrogens (tertiary/aromatic N) is 1. The average Bonchev–Trinajstić information content (AvgIpc) is 2.42. The van der Waals surface area contributed by atoms with Crippen molar-refractivity contribution in [1.82, 2.24) is 4.90 Å². The highest BCUT2D eigenvalue weighted by Gasteiger charge is 2.30. The van der Waals surface area contributed by atoms with Crippen molar-refractivity contribution in [1.29, 1.82) is 0 Å². The summed E-state index contributed by atoms with van der Waals surface area (Å²) in [5.74, 6) is 0.479. The second-order valence-electron chi connectivity index (χ2n) is 5.91. The Balaban J connectivity index is 2.22. The number of halogens is 2. The van der Waals surface area contributed by atoms with Crippen LogP contribution in [0.2, 0.25) is 0 Å². The van der Waals surface area contributed by atoms with Gasteiger partial charge in [0.2, 0.25) is 0 Å². The number of nitrogens with two attached hydrogens (primary N) is 1. The van der Waals surface area contributed by atoms with E-state index in [9.17, 15) is 4.39 Å². The molecule has 0 saturated heterocycles. The van der Waals surface area contributed by atoms with Crippen LogP contribution in [0.25, 0.3) is 0 Å². The van der Waals surface area contributed by atoms with Gasteiger partial charge in [0.1, 0.15) is 5.82 Å². The van der Waals surface area contributed by atoms with Gasteiger partial charge >= 0.3 is 0 Å². The third-order valence-electron chi connectivity index (χ3n) is 4.63. The van der Waals surface area contributed by atoms with Gasteiger partial charge in [-0.3, -0.25) is 4.90 Å². The lowest BCUT2D eigenvalue weighted by atomic mass is 9.84. The molecular formula is C16H24BrFN2. The molecule has 2 rings (SSSR count). The van der Waals surface area contributed by atoms with Crippen LogP contribution in [0.3, 0.4) is 0 Å². The third-order valence-corrected chi connectivity index (χ3v) is 5.31. The van der Waals surface area contributed by atoms with Crippen molar-refractivity contribution in [2.75, 3.05) is 13.6 Å². The van der Waals surface area contributed by atoms with Crippen LogP contribution < -0.4 is 5.73 Å².